The normalized spacial score (nSPS) is 21.0. The van der Waals surface area contributed by atoms with E-state index in [4.69, 9.17) is 0 Å². The molecule has 0 saturated heterocycles. The average Bonchev–Trinajstić information content (AvgIpc) is 2.61. The van der Waals surface area contributed by atoms with Crippen LogP contribution < -0.4 is 15.5 Å². The fourth-order valence-electron chi connectivity index (χ4n) is 3.11. The second kappa shape index (κ2) is 10.2. The third kappa shape index (κ3) is 6.53. The Bertz CT molecular complexity index is 544. The minimum absolute atomic E-state index is 0.147. The number of aliphatic hydroxyl groups excluding tert-OH is 1. The van der Waals surface area contributed by atoms with E-state index in [1.807, 2.05) is 24.9 Å². The van der Waals surface area contributed by atoms with Crippen LogP contribution in [0.2, 0.25) is 0 Å². The molecule has 6 heteroatoms. The van der Waals surface area contributed by atoms with Crippen molar-refractivity contribution in [2.24, 2.45) is 4.99 Å². The van der Waals surface area contributed by atoms with Crippen LogP contribution in [0.5, 0.6) is 0 Å². The Balaban J connectivity index is 1.77. The van der Waals surface area contributed by atoms with E-state index in [0.717, 1.165) is 51.2 Å². The maximum atomic E-state index is 13.8. The van der Waals surface area contributed by atoms with Crippen molar-refractivity contribution in [2.45, 2.75) is 51.2 Å². The van der Waals surface area contributed by atoms with Crippen LogP contribution in [0.3, 0.4) is 0 Å². The van der Waals surface area contributed by atoms with Gasteiger partial charge < -0.3 is 20.6 Å². The first kappa shape index (κ1) is 19.5. The molecule has 1 fully saturated rings. The maximum Gasteiger partial charge on any atom is 0.191 e. The molecule has 0 radical (unpaired) electrons. The fraction of sp³-hybridized carbons (Fsp3) is 0.632. The van der Waals surface area contributed by atoms with Crippen molar-refractivity contribution in [1.82, 2.24) is 10.6 Å². The Morgan fingerprint density at radius 1 is 1.28 bits per heavy atom. The van der Waals surface area contributed by atoms with E-state index in [2.05, 4.69) is 15.6 Å². The summed E-state index contributed by atoms with van der Waals surface area (Å²) in [6, 6.07) is 7.21. The molecule has 1 aromatic rings. The molecular formula is C19H31FN4O. The monoisotopic (exact) mass is 350 g/mol. The summed E-state index contributed by atoms with van der Waals surface area (Å²) in [7, 11) is 1.90. The quantitative estimate of drug-likeness (QED) is 0.402. The lowest BCUT2D eigenvalue weighted by atomic mass is 9.93. The largest absolute Gasteiger partial charge is 0.393 e. The standard InChI is InChI=1S/C19H31FN4O/c1-3-21-19(23-15-9-11-16(25)12-10-15)22-13-6-14-24(2)18-8-5-4-7-17(18)20/h4-5,7-8,15-16,25H,3,6,9-14H2,1-2H3,(H2,21,22,23). The van der Waals surface area contributed by atoms with Gasteiger partial charge in [-0.15, -0.1) is 0 Å². The lowest BCUT2D eigenvalue weighted by molar-refractivity contribution is 0.120. The van der Waals surface area contributed by atoms with E-state index >= 15 is 0 Å². The molecule has 0 amide bonds. The second-order valence-electron chi connectivity index (χ2n) is 6.64. The number of nitrogens with one attached hydrogen (secondary N) is 2. The van der Waals surface area contributed by atoms with E-state index in [0.29, 0.717) is 18.3 Å². The molecule has 5 nitrogen and oxygen atoms in total. The molecule has 1 aromatic carbocycles. The van der Waals surface area contributed by atoms with Gasteiger partial charge in [-0.25, -0.2) is 4.39 Å². The highest BCUT2D eigenvalue weighted by Crippen LogP contribution is 2.18. The molecule has 0 spiro atoms. The number of hydrogen-bond donors (Lipinski definition) is 3. The van der Waals surface area contributed by atoms with Gasteiger partial charge in [0.05, 0.1) is 11.8 Å². The Hall–Kier alpha value is -1.82. The Labute approximate surface area is 150 Å². The van der Waals surface area contributed by atoms with Crippen molar-refractivity contribution in [1.29, 1.82) is 0 Å². The van der Waals surface area contributed by atoms with Crippen molar-refractivity contribution in [3.8, 4) is 0 Å². The van der Waals surface area contributed by atoms with Crippen LogP contribution in [-0.2, 0) is 0 Å². The molecular weight excluding hydrogens is 319 g/mol. The molecule has 0 atom stereocenters. The van der Waals surface area contributed by atoms with E-state index < -0.39 is 0 Å². The third-order valence-electron chi connectivity index (χ3n) is 4.57. The number of guanidine groups is 1. The number of nitrogens with zero attached hydrogens (tertiary/aromatic N) is 2. The van der Waals surface area contributed by atoms with Gasteiger partial charge in [0, 0.05) is 32.7 Å². The van der Waals surface area contributed by atoms with Gasteiger partial charge in [0.15, 0.2) is 5.96 Å². The smallest absolute Gasteiger partial charge is 0.191 e. The SMILES string of the molecule is CCNC(=NCCCN(C)c1ccccc1F)NC1CCC(O)CC1. The van der Waals surface area contributed by atoms with Crippen LogP contribution in [0, 0.1) is 5.82 Å². The molecule has 25 heavy (non-hydrogen) atoms. The summed E-state index contributed by atoms with van der Waals surface area (Å²) in [5, 5.41) is 16.3. The van der Waals surface area contributed by atoms with Crippen molar-refractivity contribution < 1.29 is 9.50 Å². The molecule has 0 aromatic heterocycles. The highest BCUT2D eigenvalue weighted by molar-refractivity contribution is 5.80. The van der Waals surface area contributed by atoms with Gasteiger partial charge in [0.1, 0.15) is 5.82 Å². The van der Waals surface area contributed by atoms with Gasteiger partial charge in [-0.1, -0.05) is 12.1 Å². The minimum atomic E-state index is -0.192. The van der Waals surface area contributed by atoms with Crippen LogP contribution in [0.15, 0.2) is 29.3 Å². The minimum Gasteiger partial charge on any atom is -0.393 e. The number of benzene rings is 1. The summed E-state index contributed by atoms with van der Waals surface area (Å²) >= 11 is 0. The molecule has 1 aliphatic rings. The van der Waals surface area contributed by atoms with Crippen molar-refractivity contribution in [3.63, 3.8) is 0 Å². The molecule has 1 aliphatic carbocycles. The summed E-state index contributed by atoms with van der Waals surface area (Å²) in [4.78, 5) is 6.55. The number of hydrogen-bond acceptors (Lipinski definition) is 3. The molecule has 0 aliphatic heterocycles. The number of halogens is 1. The van der Waals surface area contributed by atoms with Crippen LogP contribution in [0.4, 0.5) is 10.1 Å². The maximum absolute atomic E-state index is 13.8. The first-order valence-corrected chi connectivity index (χ1v) is 9.28. The summed E-state index contributed by atoms with van der Waals surface area (Å²) in [6.07, 6.45) is 4.36. The lowest BCUT2D eigenvalue weighted by Gasteiger charge is -2.27. The van der Waals surface area contributed by atoms with Crippen LogP contribution >= 0.6 is 0 Å². The first-order valence-electron chi connectivity index (χ1n) is 9.28. The Kier molecular flexibility index (Phi) is 7.98. The number of aliphatic imine (C=N–C) groups is 1. The van der Waals surface area contributed by atoms with Crippen molar-refractivity contribution in [3.05, 3.63) is 30.1 Å². The zero-order valence-corrected chi connectivity index (χ0v) is 15.3. The van der Waals surface area contributed by atoms with Gasteiger partial charge in [-0.3, -0.25) is 4.99 Å². The van der Waals surface area contributed by atoms with Gasteiger partial charge in [-0.2, -0.15) is 0 Å². The predicted octanol–water partition coefficient (Wildman–Crippen LogP) is 2.51. The van der Waals surface area contributed by atoms with E-state index in [9.17, 15) is 9.50 Å². The highest BCUT2D eigenvalue weighted by Gasteiger charge is 2.19. The topological polar surface area (TPSA) is 59.9 Å². The lowest BCUT2D eigenvalue weighted by Crippen LogP contribution is -2.45. The summed E-state index contributed by atoms with van der Waals surface area (Å²) in [5.74, 6) is 0.639. The first-order chi connectivity index (χ1) is 12.1. The summed E-state index contributed by atoms with van der Waals surface area (Å²) in [5.41, 5.74) is 0.622. The van der Waals surface area contributed by atoms with Gasteiger partial charge in [0.2, 0.25) is 0 Å². The van der Waals surface area contributed by atoms with E-state index in [1.165, 1.54) is 6.07 Å². The number of rotatable bonds is 7. The zero-order chi connectivity index (χ0) is 18.1. The molecule has 1 saturated carbocycles. The molecule has 2 rings (SSSR count). The molecule has 0 heterocycles. The van der Waals surface area contributed by atoms with E-state index in [-0.39, 0.29) is 11.9 Å². The number of para-hydroxylation sites is 1. The van der Waals surface area contributed by atoms with Gasteiger partial charge in [0.25, 0.3) is 0 Å². The van der Waals surface area contributed by atoms with Crippen molar-refractivity contribution in [2.75, 3.05) is 31.6 Å². The van der Waals surface area contributed by atoms with E-state index in [1.54, 1.807) is 12.1 Å². The zero-order valence-electron chi connectivity index (χ0n) is 15.3. The molecule has 0 unspecified atom stereocenters. The van der Waals surface area contributed by atoms with Crippen LogP contribution in [0.25, 0.3) is 0 Å². The van der Waals surface area contributed by atoms with Gasteiger partial charge >= 0.3 is 0 Å². The Morgan fingerprint density at radius 3 is 2.68 bits per heavy atom. The van der Waals surface area contributed by atoms with Crippen LogP contribution in [0.1, 0.15) is 39.0 Å². The predicted molar refractivity (Wildman–Crippen MR) is 102 cm³/mol. The molecule has 140 valence electrons. The highest BCUT2D eigenvalue weighted by atomic mass is 19.1. The third-order valence-corrected chi connectivity index (χ3v) is 4.57. The van der Waals surface area contributed by atoms with Crippen molar-refractivity contribution >= 4 is 11.6 Å². The number of anilines is 1. The number of aliphatic hydroxyl groups is 1. The van der Waals surface area contributed by atoms with Crippen LogP contribution in [-0.4, -0.2) is 49.9 Å². The molecule has 0 bridgehead atoms. The summed E-state index contributed by atoms with van der Waals surface area (Å²) < 4.78 is 13.8. The average molecular weight is 350 g/mol. The van der Waals surface area contributed by atoms with Gasteiger partial charge in [-0.05, 0) is 51.2 Å². The second-order valence-corrected chi connectivity index (χ2v) is 6.64. The molecule has 3 N–H and O–H groups in total. The Morgan fingerprint density at radius 2 is 2.00 bits per heavy atom. The summed E-state index contributed by atoms with van der Waals surface area (Å²) in [6.45, 7) is 4.30. The fourth-order valence-corrected chi connectivity index (χ4v) is 3.11.